The molecule has 218 valence electrons. The maximum Gasteiger partial charge on any atom is 0.416 e. The number of carbonyl (C=O) groups is 1. The fourth-order valence-corrected chi connectivity index (χ4v) is 4.90. The molecule has 0 saturated heterocycles. The largest absolute Gasteiger partial charge is 0.416 e. The number of hydrogen-bond acceptors (Lipinski definition) is 8. The van der Waals surface area contributed by atoms with Gasteiger partial charge in [0, 0.05) is 42.4 Å². The summed E-state index contributed by atoms with van der Waals surface area (Å²) in [6, 6.07) is 8.37. The van der Waals surface area contributed by atoms with Crippen LogP contribution in [0.5, 0.6) is 0 Å². The van der Waals surface area contributed by atoms with Crippen LogP contribution in [0.2, 0.25) is 0 Å². The van der Waals surface area contributed by atoms with Crippen LogP contribution in [0.1, 0.15) is 27.2 Å². The standard InChI is InChI=1S/C28H28F3N9OS/c1-17-5-6-21(12-24(17)40-15-23(36-37-40)25-13-33-27(42-25)32-7-8-38(3)4)35-26(41)19-9-20(28(29,30)31)11-22(10-19)39-14-18(2)34-16-39/h5-6,9-16H,7-8H2,1-4H3,(H,32,33)(H,35,41). The molecule has 2 aromatic carbocycles. The van der Waals surface area contributed by atoms with Crippen molar-refractivity contribution in [3.05, 3.63) is 83.7 Å². The van der Waals surface area contributed by atoms with Gasteiger partial charge in [-0.3, -0.25) is 4.79 Å². The van der Waals surface area contributed by atoms with Crippen molar-refractivity contribution in [1.82, 2.24) is 34.4 Å². The molecule has 5 aromatic rings. The van der Waals surface area contributed by atoms with Crippen LogP contribution in [-0.2, 0) is 6.18 Å². The molecule has 0 aliphatic heterocycles. The highest BCUT2D eigenvalue weighted by molar-refractivity contribution is 7.18. The third-order valence-corrected chi connectivity index (χ3v) is 7.30. The molecule has 0 atom stereocenters. The molecule has 0 radical (unpaired) electrons. The first-order chi connectivity index (χ1) is 20.0. The molecular weight excluding hydrogens is 567 g/mol. The van der Waals surface area contributed by atoms with Gasteiger partial charge in [0.2, 0.25) is 0 Å². The summed E-state index contributed by atoms with van der Waals surface area (Å²) in [6.07, 6.45) is 1.85. The monoisotopic (exact) mass is 595 g/mol. The molecule has 0 fully saturated rings. The Hall–Kier alpha value is -4.56. The normalized spacial score (nSPS) is 11.7. The maximum absolute atomic E-state index is 13.7. The van der Waals surface area contributed by atoms with Gasteiger partial charge in [-0.2, -0.15) is 13.2 Å². The average molecular weight is 596 g/mol. The third kappa shape index (κ3) is 6.66. The average Bonchev–Trinajstić information content (AvgIpc) is 3.70. The number of anilines is 2. The van der Waals surface area contributed by atoms with Gasteiger partial charge in [-0.1, -0.05) is 22.6 Å². The van der Waals surface area contributed by atoms with Gasteiger partial charge in [-0.15, -0.1) is 5.10 Å². The molecular formula is C28H28F3N9OS. The summed E-state index contributed by atoms with van der Waals surface area (Å²) < 4.78 is 44.1. The molecule has 0 aliphatic carbocycles. The lowest BCUT2D eigenvalue weighted by Gasteiger charge is -2.14. The SMILES string of the molecule is Cc1cn(-c2cc(C(=O)Nc3ccc(C)c(-n4cc(-c5cnc(NCCN(C)C)s5)nn4)c3)cc(C(F)(F)F)c2)cn1. The molecule has 0 spiro atoms. The Labute approximate surface area is 243 Å². The van der Waals surface area contributed by atoms with Crippen molar-refractivity contribution >= 4 is 28.1 Å². The lowest BCUT2D eigenvalue weighted by molar-refractivity contribution is -0.137. The molecule has 0 saturated carbocycles. The fraction of sp³-hybridized carbons (Fsp3) is 0.250. The Morgan fingerprint density at radius 1 is 1.07 bits per heavy atom. The quantitative estimate of drug-likeness (QED) is 0.234. The lowest BCUT2D eigenvalue weighted by atomic mass is 10.1. The van der Waals surface area contributed by atoms with E-state index in [4.69, 9.17) is 0 Å². The van der Waals surface area contributed by atoms with Crippen molar-refractivity contribution in [2.45, 2.75) is 20.0 Å². The van der Waals surface area contributed by atoms with E-state index >= 15 is 0 Å². The van der Waals surface area contributed by atoms with Crippen LogP contribution in [-0.4, -0.2) is 67.5 Å². The number of aromatic nitrogens is 6. The highest BCUT2D eigenvalue weighted by Gasteiger charge is 2.32. The topological polar surface area (TPSA) is 106 Å². The first-order valence-corrected chi connectivity index (χ1v) is 13.7. The number of benzene rings is 2. The van der Waals surface area contributed by atoms with E-state index in [9.17, 15) is 18.0 Å². The minimum absolute atomic E-state index is 0.142. The summed E-state index contributed by atoms with van der Waals surface area (Å²) in [5.41, 5.74) is 2.26. The molecule has 0 bridgehead atoms. The summed E-state index contributed by atoms with van der Waals surface area (Å²) >= 11 is 1.46. The number of alkyl halides is 3. The highest BCUT2D eigenvalue weighted by atomic mass is 32.1. The van der Waals surface area contributed by atoms with Gasteiger partial charge in [0.15, 0.2) is 5.13 Å². The van der Waals surface area contributed by atoms with Crippen molar-refractivity contribution < 1.29 is 18.0 Å². The van der Waals surface area contributed by atoms with E-state index in [0.717, 1.165) is 40.8 Å². The zero-order valence-electron chi connectivity index (χ0n) is 23.3. The maximum atomic E-state index is 13.7. The zero-order chi connectivity index (χ0) is 30.0. The van der Waals surface area contributed by atoms with Crippen LogP contribution >= 0.6 is 11.3 Å². The van der Waals surface area contributed by atoms with Crippen LogP contribution in [0.25, 0.3) is 21.9 Å². The summed E-state index contributed by atoms with van der Waals surface area (Å²) in [5, 5.41) is 15.3. The van der Waals surface area contributed by atoms with Crippen molar-refractivity contribution in [3.8, 4) is 21.9 Å². The van der Waals surface area contributed by atoms with Crippen molar-refractivity contribution in [2.75, 3.05) is 37.8 Å². The van der Waals surface area contributed by atoms with Crippen LogP contribution in [0.4, 0.5) is 24.0 Å². The number of aryl methyl sites for hydroxylation is 2. The van der Waals surface area contributed by atoms with E-state index in [2.05, 4.69) is 35.8 Å². The van der Waals surface area contributed by atoms with E-state index in [1.807, 2.05) is 21.0 Å². The smallest absolute Gasteiger partial charge is 0.360 e. The van der Waals surface area contributed by atoms with Gasteiger partial charge in [0.1, 0.15) is 5.69 Å². The number of carbonyl (C=O) groups excluding carboxylic acids is 1. The number of nitrogens with one attached hydrogen (secondary N) is 2. The number of hydrogen-bond donors (Lipinski definition) is 2. The lowest BCUT2D eigenvalue weighted by Crippen LogP contribution is -2.20. The third-order valence-electron chi connectivity index (χ3n) is 6.32. The first kappa shape index (κ1) is 29.0. The number of nitrogens with zero attached hydrogens (tertiary/aromatic N) is 7. The Balaban J connectivity index is 1.37. The van der Waals surface area contributed by atoms with Gasteiger partial charge < -0.3 is 20.1 Å². The Kier molecular flexibility index (Phi) is 8.09. The second-order valence-corrected chi connectivity index (χ2v) is 11.0. The number of likely N-dealkylation sites (N-methyl/N-ethyl adjacent to an activating group) is 1. The second kappa shape index (κ2) is 11.7. The number of halogens is 3. The molecule has 2 N–H and O–H groups in total. The van der Waals surface area contributed by atoms with Crippen molar-refractivity contribution in [3.63, 3.8) is 0 Å². The first-order valence-electron chi connectivity index (χ1n) is 12.9. The molecule has 5 rings (SSSR count). The minimum Gasteiger partial charge on any atom is -0.360 e. The van der Waals surface area contributed by atoms with Gasteiger partial charge in [0.25, 0.3) is 5.91 Å². The molecule has 14 heteroatoms. The Morgan fingerprint density at radius 3 is 2.60 bits per heavy atom. The summed E-state index contributed by atoms with van der Waals surface area (Å²) in [6.45, 7) is 5.24. The molecule has 3 heterocycles. The molecule has 0 unspecified atom stereocenters. The van der Waals surface area contributed by atoms with E-state index in [1.165, 1.54) is 28.3 Å². The second-order valence-electron chi connectivity index (χ2n) is 9.95. The van der Waals surface area contributed by atoms with Crippen LogP contribution in [0, 0.1) is 13.8 Å². The van der Waals surface area contributed by atoms with Crippen molar-refractivity contribution in [2.24, 2.45) is 0 Å². The van der Waals surface area contributed by atoms with Crippen LogP contribution in [0.15, 0.2) is 61.3 Å². The van der Waals surface area contributed by atoms with Gasteiger partial charge in [-0.25, -0.2) is 14.6 Å². The highest BCUT2D eigenvalue weighted by Crippen LogP contribution is 2.32. The summed E-state index contributed by atoms with van der Waals surface area (Å²) in [7, 11) is 4.00. The fourth-order valence-electron chi connectivity index (χ4n) is 4.11. The van der Waals surface area contributed by atoms with E-state index < -0.39 is 17.6 Å². The van der Waals surface area contributed by atoms with E-state index in [0.29, 0.717) is 22.8 Å². The summed E-state index contributed by atoms with van der Waals surface area (Å²) in [4.78, 5) is 24.6. The Bertz CT molecular complexity index is 1720. The number of amides is 1. The molecule has 0 aliphatic rings. The molecule has 10 nitrogen and oxygen atoms in total. The number of rotatable bonds is 9. The Morgan fingerprint density at radius 2 is 1.88 bits per heavy atom. The van der Waals surface area contributed by atoms with Crippen LogP contribution < -0.4 is 10.6 Å². The van der Waals surface area contributed by atoms with Gasteiger partial charge in [-0.05, 0) is 63.8 Å². The van der Waals surface area contributed by atoms with Crippen LogP contribution in [0.3, 0.4) is 0 Å². The summed E-state index contributed by atoms with van der Waals surface area (Å²) in [5.74, 6) is -0.688. The molecule has 1 amide bonds. The van der Waals surface area contributed by atoms with Crippen molar-refractivity contribution in [1.29, 1.82) is 0 Å². The van der Waals surface area contributed by atoms with E-state index in [-0.39, 0.29) is 11.3 Å². The minimum atomic E-state index is -4.64. The van der Waals surface area contributed by atoms with E-state index in [1.54, 1.807) is 48.4 Å². The predicted molar refractivity (Wildman–Crippen MR) is 156 cm³/mol. The van der Waals surface area contributed by atoms with Gasteiger partial charge in [0.05, 0.1) is 34.3 Å². The molecule has 42 heavy (non-hydrogen) atoms. The number of imidazole rings is 1. The van der Waals surface area contributed by atoms with Gasteiger partial charge >= 0.3 is 6.18 Å². The zero-order valence-corrected chi connectivity index (χ0v) is 24.1. The predicted octanol–water partition coefficient (Wildman–Crippen LogP) is 5.44. The number of thiazole rings is 1. The molecule has 3 aromatic heterocycles.